The number of hydrogen-bond donors (Lipinski definition) is 0. The largest absolute Gasteiger partial charge is 0.612 e. The molecule has 2 aromatic carbocycles. The maximum atomic E-state index is 11.5. The zero-order chi connectivity index (χ0) is 18.1. The quantitative estimate of drug-likeness (QED) is 0.639. The molecule has 2 unspecified atom stereocenters. The van der Waals surface area contributed by atoms with E-state index in [2.05, 4.69) is 52.0 Å². The van der Waals surface area contributed by atoms with Gasteiger partial charge in [-0.05, 0) is 60.1 Å². The lowest BCUT2D eigenvalue weighted by molar-refractivity contribution is 0.198. The van der Waals surface area contributed by atoms with Gasteiger partial charge in [-0.25, -0.2) is 4.98 Å². The van der Waals surface area contributed by atoms with Gasteiger partial charge in [-0.1, -0.05) is 6.07 Å². The maximum Gasteiger partial charge on any atom is 0.152 e. The second kappa shape index (κ2) is 7.56. The fraction of sp³-hybridized carbons (Fsp3) is 0.350. The Hall–Kier alpha value is -1.60. The summed E-state index contributed by atoms with van der Waals surface area (Å²) >= 11 is 0.780. The zero-order valence-electron chi connectivity index (χ0n) is 15.1. The molecule has 26 heavy (non-hydrogen) atoms. The van der Waals surface area contributed by atoms with E-state index in [1.54, 1.807) is 17.6 Å². The molecule has 1 aliphatic heterocycles. The van der Waals surface area contributed by atoms with Crippen LogP contribution in [-0.4, -0.2) is 46.9 Å². The summed E-state index contributed by atoms with van der Waals surface area (Å²) in [7, 11) is 0. The van der Waals surface area contributed by atoms with E-state index >= 15 is 0 Å². The van der Waals surface area contributed by atoms with Crippen molar-refractivity contribution in [2.24, 2.45) is 0 Å². The molecular weight excluding hydrogens is 362 g/mol. The standard InChI is InChI=1S/C20H23N3OS2/c1-15(16-3-8-20-19(13-16)21-14-25-20)22-9-11-23(12-10-22)17-4-6-18(7-5-17)26(2)24/h3-8,13-15H,9-12H2,1-2H3. The fourth-order valence-corrected chi connectivity index (χ4v) is 4.74. The lowest BCUT2D eigenvalue weighted by Gasteiger charge is -2.39. The zero-order valence-corrected chi connectivity index (χ0v) is 16.7. The number of rotatable bonds is 4. The van der Waals surface area contributed by atoms with Gasteiger partial charge in [-0.15, -0.1) is 11.3 Å². The van der Waals surface area contributed by atoms with Crippen LogP contribution in [-0.2, 0) is 11.2 Å². The minimum atomic E-state index is -0.914. The van der Waals surface area contributed by atoms with Gasteiger partial charge >= 0.3 is 0 Å². The minimum absolute atomic E-state index is 0.396. The van der Waals surface area contributed by atoms with E-state index in [0.29, 0.717) is 6.04 Å². The van der Waals surface area contributed by atoms with E-state index in [4.69, 9.17) is 0 Å². The molecule has 0 amide bonds. The molecule has 1 aromatic heterocycles. The Morgan fingerprint density at radius 3 is 2.50 bits per heavy atom. The van der Waals surface area contributed by atoms with Crippen molar-refractivity contribution < 1.29 is 4.55 Å². The van der Waals surface area contributed by atoms with Gasteiger partial charge < -0.3 is 9.45 Å². The van der Waals surface area contributed by atoms with Gasteiger partial charge in [0, 0.05) is 37.9 Å². The first-order chi connectivity index (χ1) is 12.6. The van der Waals surface area contributed by atoms with Gasteiger partial charge in [0.05, 0.1) is 15.7 Å². The second-order valence-corrected chi connectivity index (χ2v) is 8.99. The SMILES string of the molecule is CC(c1ccc2scnc2c1)N1CCN(c2ccc([S+](C)[O-])cc2)CC1. The van der Waals surface area contributed by atoms with Crippen LogP contribution in [0.25, 0.3) is 10.2 Å². The van der Waals surface area contributed by atoms with Crippen molar-refractivity contribution in [3.63, 3.8) is 0 Å². The average molecular weight is 386 g/mol. The van der Waals surface area contributed by atoms with Crippen LogP contribution in [0.15, 0.2) is 52.9 Å². The fourth-order valence-electron chi connectivity index (χ4n) is 3.56. The molecule has 1 fully saturated rings. The molecule has 1 aliphatic rings. The van der Waals surface area contributed by atoms with E-state index in [0.717, 1.165) is 36.6 Å². The minimum Gasteiger partial charge on any atom is -0.612 e. The Kier molecular flexibility index (Phi) is 5.18. The van der Waals surface area contributed by atoms with Crippen LogP contribution < -0.4 is 4.90 Å². The van der Waals surface area contributed by atoms with Crippen LogP contribution >= 0.6 is 11.3 Å². The molecule has 136 valence electrons. The van der Waals surface area contributed by atoms with E-state index in [9.17, 15) is 4.55 Å². The third kappa shape index (κ3) is 3.60. The summed E-state index contributed by atoms with van der Waals surface area (Å²) in [5, 5.41) is 0. The summed E-state index contributed by atoms with van der Waals surface area (Å²) < 4.78 is 12.8. The summed E-state index contributed by atoms with van der Waals surface area (Å²) in [6, 6.07) is 15.2. The lowest BCUT2D eigenvalue weighted by atomic mass is 10.1. The molecule has 0 spiro atoms. The van der Waals surface area contributed by atoms with Crippen LogP contribution in [0.2, 0.25) is 0 Å². The van der Waals surface area contributed by atoms with Crippen LogP contribution in [0.4, 0.5) is 5.69 Å². The molecule has 0 N–H and O–H groups in total. The normalized spacial score (nSPS) is 18.2. The van der Waals surface area contributed by atoms with Crippen molar-refractivity contribution in [2.45, 2.75) is 17.9 Å². The molecule has 2 heterocycles. The molecule has 0 radical (unpaired) electrons. The van der Waals surface area contributed by atoms with Gasteiger partial charge in [0.25, 0.3) is 0 Å². The van der Waals surface area contributed by atoms with Crippen LogP contribution in [0.5, 0.6) is 0 Å². The molecule has 4 rings (SSSR count). The number of piperazine rings is 1. The highest BCUT2D eigenvalue weighted by Crippen LogP contribution is 2.27. The third-order valence-electron chi connectivity index (χ3n) is 5.23. The Morgan fingerprint density at radius 2 is 1.81 bits per heavy atom. The Labute approximate surface area is 161 Å². The summed E-state index contributed by atoms with van der Waals surface area (Å²) in [6.45, 7) is 6.39. The smallest absolute Gasteiger partial charge is 0.152 e. The second-order valence-electron chi connectivity index (χ2n) is 6.73. The first-order valence-corrected chi connectivity index (χ1v) is 11.3. The van der Waals surface area contributed by atoms with Crippen molar-refractivity contribution in [3.05, 3.63) is 53.5 Å². The molecule has 0 bridgehead atoms. The number of nitrogens with zero attached hydrogens (tertiary/aromatic N) is 3. The number of benzene rings is 2. The van der Waals surface area contributed by atoms with E-state index in [1.807, 2.05) is 17.6 Å². The maximum absolute atomic E-state index is 11.5. The number of anilines is 1. The van der Waals surface area contributed by atoms with Crippen LogP contribution in [0, 0.1) is 0 Å². The third-order valence-corrected chi connectivity index (χ3v) is 6.98. The highest BCUT2D eigenvalue weighted by Gasteiger charge is 2.22. The molecular formula is C20H23N3OS2. The summed E-state index contributed by atoms with van der Waals surface area (Å²) in [6.07, 6.45) is 1.72. The topological polar surface area (TPSA) is 42.4 Å². The highest BCUT2D eigenvalue weighted by atomic mass is 32.2. The van der Waals surface area contributed by atoms with Gasteiger partial charge in [0.1, 0.15) is 6.26 Å². The first kappa shape index (κ1) is 17.8. The first-order valence-electron chi connectivity index (χ1n) is 8.87. The predicted molar refractivity (Wildman–Crippen MR) is 111 cm³/mol. The van der Waals surface area contributed by atoms with E-state index < -0.39 is 11.2 Å². The van der Waals surface area contributed by atoms with E-state index in [-0.39, 0.29) is 0 Å². The molecule has 4 nitrogen and oxygen atoms in total. The van der Waals surface area contributed by atoms with Gasteiger partial charge in [0.15, 0.2) is 4.90 Å². The molecule has 3 aromatic rings. The number of hydrogen-bond acceptors (Lipinski definition) is 5. The predicted octanol–water partition coefficient (Wildman–Crippen LogP) is 3.92. The van der Waals surface area contributed by atoms with Gasteiger partial charge in [-0.2, -0.15) is 0 Å². The van der Waals surface area contributed by atoms with Gasteiger partial charge in [-0.3, -0.25) is 4.90 Å². The molecule has 6 heteroatoms. The summed E-state index contributed by atoms with van der Waals surface area (Å²) in [4.78, 5) is 10.3. The summed E-state index contributed by atoms with van der Waals surface area (Å²) in [5.41, 5.74) is 5.57. The monoisotopic (exact) mass is 385 g/mol. The van der Waals surface area contributed by atoms with Crippen molar-refractivity contribution in [2.75, 3.05) is 37.3 Å². The Balaban J connectivity index is 1.40. The Morgan fingerprint density at radius 1 is 1.08 bits per heavy atom. The average Bonchev–Trinajstić information content (AvgIpc) is 3.15. The van der Waals surface area contributed by atoms with Gasteiger partial charge in [0.2, 0.25) is 0 Å². The Bertz CT molecular complexity index is 870. The van der Waals surface area contributed by atoms with Crippen LogP contribution in [0.3, 0.4) is 0 Å². The molecule has 0 saturated carbocycles. The van der Waals surface area contributed by atoms with E-state index in [1.165, 1.54) is 16.0 Å². The lowest BCUT2D eigenvalue weighted by Crippen LogP contribution is -2.47. The van der Waals surface area contributed by atoms with Crippen molar-refractivity contribution >= 4 is 38.4 Å². The molecule has 1 saturated heterocycles. The number of fused-ring (bicyclic) bond motifs is 1. The molecule has 0 aliphatic carbocycles. The summed E-state index contributed by atoms with van der Waals surface area (Å²) in [5.74, 6) is 0. The molecule has 2 atom stereocenters. The highest BCUT2D eigenvalue weighted by molar-refractivity contribution is 7.90. The van der Waals surface area contributed by atoms with Crippen molar-refractivity contribution in [3.8, 4) is 0 Å². The van der Waals surface area contributed by atoms with Crippen molar-refractivity contribution in [1.82, 2.24) is 9.88 Å². The number of aromatic nitrogens is 1. The number of thiazole rings is 1. The van der Waals surface area contributed by atoms with Crippen LogP contribution in [0.1, 0.15) is 18.5 Å². The van der Waals surface area contributed by atoms with Crippen molar-refractivity contribution in [1.29, 1.82) is 0 Å².